The van der Waals surface area contributed by atoms with Gasteiger partial charge >= 0.3 is 0 Å². The summed E-state index contributed by atoms with van der Waals surface area (Å²) in [6.45, 7) is 10.3. The highest BCUT2D eigenvalue weighted by Gasteiger charge is 2.30. The third-order valence-electron chi connectivity index (χ3n) is 3.87. The molecule has 0 spiro atoms. The minimum atomic E-state index is -0.769. The molecule has 3 atom stereocenters. The van der Waals surface area contributed by atoms with Crippen molar-refractivity contribution in [1.82, 2.24) is 0 Å². The number of aliphatic hydroxyl groups excluding tert-OH is 2. The zero-order valence-electron chi connectivity index (χ0n) is 11.3. The number of hydrogen-bond acceptors (Lipinski definition) is 2. The Balaban J connectivity index is 2.87. The predicted octanol–water partition coefficient (Wildman–Crippen LogP) is 3.06. The Morgan fingerprint density at radius 2 is 1.94 bits per heavy atom. The van der Waals surface area contributed by atoms with Crippen LogP contribution in [0.2, 0.25) is 0 Å². The molecule has 0 aromatic rings. The smallest absolute Gasteiger partial charge is 0.101 e. The lowest BCUT2D eigenvalue weighted by Crippen LogP contribution is -2.37. The van der Waals surface area contributed by atoms with E-state index in [-0.39, 0.29) is 5.92 Å². The molecule has 0 unspecified atom stereocenters. The largest absolute Gasteiger partial charge is 0.390 e. The number of aliphatic hydroxyl groups is 2. The van der Waals surface area contributed by atoms with Gasteiger partial charge in [0.1, 0.15) is 6.10 Å². The van der Waals surface area contributed by atoms with Crippen LogP contribution in [-0.2, 0) is 0 Å². The molecule has 0 heterocycles. The number of rotatable bonds is 1. The van der Waals surface area contributed by atoms with Crippen molar-refractivity contribution in [2.24, 2.45) is 11.8 Å². The monoisotopic (exact) mass is 238 g/mol. The predicted molar refractivity (Wildman–Crippen MR) is 71.7 cm³/mol. The van der Waals surface area contributed by atoms with Crippen molar-refractivity contribution in [3.63, 3.8) is 0 Å². The molecule has 0 aliphatic heterocycles. The molecule has 0 saturated carbocycles. The Bertz CT molecular complexity index is 291. The Labute approximate surface area is 105 Å². The third-order valence-corrected chi connectivity index (χ3v) is 3.87. The average molecular weight is 238 g/mol. The molecule has 1 rings (SSSR count). The Morgan fingerprint density at radius 3 is 2.53 bits per heavy atom. The highest BCUT2D eigenvalue weighted by Crippen LogP contribution is 2.29. The summed E-state index contributed by atoms with van der Waals surface area (Å²) < 4.78 is 0. The summed E-state index contributed by atoms with van der Waals surface area (Å²) >= 11 is 0. The van der Waals surface area contributed by atoms with Crippen LogP contribution in [0.3, 0.4) is 0 Å². The number of hydrogen-bond donors (Lipinski definition) is 2. The fourth-order valence-corrected chi connectivity index (χ4v) is 2.52. The van der Waals surface area contributed by atoms with Gasteiger partial charge in [0, 0.05) is 0 Å². The van der Waals surface area contributed by atoms with Crippen molar-refractivity contribution in [2.75, 3.05) is 0 Å². The van der Waals surface area contributed by atoms with Crippen LogP contribution in [0, 0.1) is 11.8 Å². The maximum atomic E-state index is 10.3. The molecule has 0 radical (unpaired) electrons. The molecule has 0 bridgehead atoms. The molecule has 0 fully saturated rings. The molecule has 2 N–H and O–H groups in total. The summed E-state index contributed by atoms with van der Waals surface area (Å²) in [6, 6.07) is 0. The fraction of sp³-hybridized carbons (Fsp3) is 0.733. The minimum Gasteiger partial charge on any atom is -0.390 e. The van der Waals surface area contributed by atoms with E-state index in [1.54, 1.807) is 0 Å². The first kappa shape index (κ1) is 14.5. The third kappa shape index (κ3) is 3.97. The van der Waals surface area contributed by atoms with E-state index in [0.29, 0.717) is 5.92 Å². The maximum absolute atomic E-state index is 10.3. The SMILES string of the molecule is C=C1CC/C=C(/C)CC[C@@H](C(C)C)[C@H](O)[C@@H]1O. The van der Waals surface area contributed by atoms with Gasteiger partial charge in [0.2, 0.25) is 0 Å². The van der Waals surface area contributed by atoms with E-state index in [9.17, 15) is 10.2 Å². The van der Waals surface area contributed by atoms with Crippen LogP contribution in [0.15, 0.2) is 23.8 Å². The van der Waals surface area contributed by atoms with E-state index in [1.807, 2.05) is 0 Å². The van der Waals surface area contributed by atoms with Crippen LogP contribution in [0.1, 0.15) is 46.5 Å². The lowest BCUT2D eigenvalue weighted by Gasteiger charge is -2.31. The molecule has 0 aromatic heterocycles. The average Bonchev–Trinajstić information content (AvgIpc) is 2.26. The van der Waals surface area contributed by atoms with Gasteiger partial charge in [-0.3, -0.25) is 0 Å². The Kier molecular flexibility index (Phi) is 5.41. The molecule has 98 valence electrons. The zero-order chi connectivity index (χ0) is 13.0. The van der Waals surface area contributed by atoms with Gasteiger partial charge in [0.25, 0.3) is 0 Å². The van der Waals surface area contributed by atoms with E-state index in [2.05, 4.69) is 33.4 Å². The first-order valence-corrected chi connectivity index (χ1v) is 6.63. The molecular formula is C15H26O2. The van der Waals surface area contributed by atoms with E-state index in [1.165, 1.54) is 5.57 Å². The van der Waals surface area contributed by atoms with E-state index < -0.39 is 12.2 Å². The normalized spacial score (nSPS) is 35.5. The maximum Gasteiger partial charge on any atom is 0.101 e. The van der Waals surface area contributed by atoms with E-state index in [0.717, 1.165) is 31.3 Å². The quantitative estimate of drug-likeness (QED) is 0.689. The summed E-state index contributed by atoms with van der Waals surface area (Å²) in [5.41, 5.74) is 2.14. The van der Waals surface area contributed by atoms with Crippen molar-refractivity contribution in [2.45, 2.75) is 58.7 Å². The highest BCUT2D eigenvalue weighted by molar-refractivity contribution is 5.10. The number of allylic oxidation sites excluding steroid dienone is 2. The van der Waals surface area contributed by atoms with Crippen LogP contribution in [0.5, 0.6) is 0 Å². The molecular weight excluding hydrogens is 212 g/mol. The van der Waals surface area contributed by atoms with Crippen LogP contribution in [-0.4, -0.2) is 22.4 Å². The van der Waals surface area contributed by atoms with Gasteiger partial charge < -0.3 is 10.2 Å². The van der Waals surface area contributed by atoms with Gasteiger partial charge in [-0.1, -0.05) is 32.1 Å². The Morgan fingerprint density at radius 1 is 1.29 bits per heavy atom. The van der Waals surface area contributed by atoms with Crippen molar-refractivity contribution in [3.8, 4) is 0 Å². The summed E-state index contributed by atoms with van der Waals surface area (Å²) in [5, 5.41) is 20.3. The van der Waals surface area contributed by atoms with Gasteiger partial charge in [-0.15, -0.1) is 0 Å². The summed E-state index contributed by atoms with van der Waals surface area (Å²) in [7, 11) is 0. The van der Waals surface area contributed by atoms with Crippen molar-refractivity contribution >= 4 is 0 Å². The molecule has 0 saturated heterocycles. The van der Waals surface area contributed by atoms with Crippen LogP contribution in [0.25, 0.3) is 0 Å². The second-order valence-electron chi connectivity index (χ2n) is 5.63. The molecule has 1 aliphatic rings. The Hall–Kier alpha value is -0.600. The molecule has 17 heavy (non-hydrogen) atoms. The summed E-state index contributed by atoms with van der Waals surface area (Å²) in [4.78, 5) is 0. The van der Waals surface area contributed by atoms with Crippen LogP contribution in [0.4, 0.5) is 0 Å². The fourth-order valence-electron chi connectivity index (χ4n) is 2.52. The van der Waals surface area contributed by atoms with Crippen LogP contribution < -0.4 is 0 Å². The lowest BCUT2D eigenvalue weighted by molar-refractivity contribution is -0.0163. The first-order chi connectivity index (χ1) is 7.93. The molecule has 2 heteroatoms. The highest BCUT2D eigenvalue weighted by atomic mass is 16.3. The molecule has 2 nitrogen and oxygen atoms in total. The topological polar surface area (TPSA) is 40.5 Å². The van der Waals surface area contributed by atoms with Gasteiger partial charge in [0.15, 0.2) is 0 Å². The van der Waals surface area contributed by atoms with Crippen LogP contribution >= 0.6 is 0 Å². The van der Waals surface area contributed by atoms with Gasteiger partial charge in [-0.2, -0.15) is 0 Å². The second kappa shape index (κ2) is 6.36. The van der Waals surface area contributed by atoms with Crippen molar-refractivity contribution in [1.29, 1.82) is 0 Å². The van der Waals surface area contributed by atoms with Gasteiger partial charge in [0.05, 0.1) is 6.10 Å². The summed E-state index contributed by atoms with van der Waals surface area (Å²) in [6.07, 6.45) is 4.42. The van der Waals surface area contributed by atoms with Crippen molar-refractivity contribution < 1.29 is 10.2 Å². The van der Waals surface area contributed by atoms with Crippen molar-refractivity contribution in [3.05, 3.63) is 23.8 Å². The summed E-state index contributed by atoms with van der Waals surface area (Å²) in [5.74, 6) is 0.517. The zero-order valence-corrected chi connectivity index (χ0v) is 11.3. The lowest BCUT2D eigenvalue weighted by atomic mass is 9.80. The molecule has 1 aliphatic carbocycles. The van der Waals surface area contributed by atoms with Gasteiger partial charge in [-0.25, -0.2) is 0 Å². The second-order valence-corrected chi connectivity index (χ2v) is 5.63. The van der Waals surface area contributed by atoms with Gasteiger partial charge in [-0.05, 0) is 50.0 Å². The molecule has 0 amide bonds. The minimum absolute atomic E-state index is 0.142. The standard InChI is InChI=1S/C15H26O2/c1-10(2)13-9-8-11(3)6-5-7-12(4)14(16)15(13)17/h6,10,13-17H,4-5,7-9H2,1-3H3/b11-6-/t13-,14+,15-/m0/s1. The molecule has 0 aromatic carbocycles. The first-order valence-electron chi connectivity index (χ1n) is 6.63. The van der Waals surface area contributed by atoms with E-state index >= 15 is 0 Å². The van der Waals surface area contributed by atoms with E-state index in [4.69, 9.17) is 0 Å².